The van der Waals surface area contributed by atoms with Crippen LogP contribution in [0.5, 0.6) is 0 Å². The third-order valence-corrected chi connectivity index (χ3v) is 5.00. The van der Waals surface area contributed by atoms with Crippen LogP contribution in [-0.4, -0.2) is 41.7 Å². The van der Waals surface area contributed by atoms with E-state index in [1.807, 2.05) is 18.3 Å². The first-order chi connectivity index (χ1) is 11.4. The van der Waals surface area contributed by atoms with E-state index in [0.29, 0.717) is 18.1 Å². The van der Waals surface area contributed by atoms with Gasteiger partial charge in [0.1, 0.15) is 5.76 Å². The second-order valence-electron chi connectivity index (χ2n) is 6.41. The van der Waals surface area contributed by atoms with Gasteiger partial charge in [0.2, 0.25) is 0 Å². The van der Waals surface area contributed by atoms with Gasteiger partial charge in [-0.2, -0.15) is 0 Å². The number of morpholine rings is 1. The van der Waals surface area contributed by atoms with Gasteiger partial charge in [0.15, 0.2) is 0 Å². The molecule has 0 aromatic carbocycles. The average molecular weight is 313 g/mol. The number of pyridine rings is 1. The lowest BCUT2D eigenvalue weighted by atomic mass is 10.0. The Morgan fingerprint density at radius 2 is 2.26 bits per heavy atom. The Morgan fingerprint density at radius 3 is 3.09 bits per heavy atom. The molecular weight excluding hydrogens is 290 g/mol. The molecule has 0 unspecified atom stereocenters. The minimum atomic E-state index is 0.322. The normalized spacial score (nSPS) is 27.7. The van der Waals surface area contributed by atoms with E-state index in [0.717, 1.165) is 37.7 Å². The van der Waals surface area contributed by atoms with E-state index in [1.165, 1.54) is 12.8 Å². The molecule has 122 valence electrons. The van der Waals surface area contributed by atoms with Gasteiger partial charge in [0, 0.05) is 37.4 Å². The van der Waals surface area contributed by atoms with Crippen LogP contribution in [-0.2, 0) is 11.3 Å². The van der Waals surface area contributed by atoms with Crippen molar-refractivity contribution in [2.75, 3.05) is 25.0 Å². The number of anilines is 1. The predicted octanol–water partition coefficient (Wildman–Crippen LogP) is 2.77. The van der Waals surface area contributed by atoms with Crippen LogP contribution in [0, 0.1) is 5.92 Å². The molecule has 1 saturated carbocycles. The summed E-state index contributed by atoms with van der Waals surface area (Å²) in [4.78, 5) is 6.68. The first-order valence-electron chi connectivity index (χ1n) is 8.42. The molecule has 0 bridgehead atoms. The van der Waals surface area contributed by atoms with Gasteiger partial charge in [0.25, 0.3) is 0 Å². The number of nitrogens with zero attached hydrogens (tertiary/aromatic N) is 2. The van der Waals surface area contributed by atoms with Crippen LogP contribution in [0.3, 0.4) is 0 Å². The molecule has 5 nitrogen and oxygen atoms in total. The van der Waals surface area contributed by atoms with Gasteiger partial charge in [-0.25, -0.2) is 0 Å². The van der Waals surface area contributed by atoms with E-state index in [4.69, 9.17) is 9.15 Å². The Morgan fingerprint density at radius 1 is 1.26 bits per heavy atom. The second kappa shape index (κ2) is 6.72. The lowest BCUT2D eigenvalue weighted by Gasteiger charge is -2.39. The predicted molar refractivity (Wildman–Crippen MR) is 88.1 cm³/mol. The van der Waals surface area contributed by atoms with Gasteiger partial charge in [-0.3, -0.25) is 9.88 Å². The SMILES string of the molecule is c1cncc(NC[C@@H]2CC[C@H]3[C@H]2OCCN3Cc2ccco2)c1. The molecule has 1 aliphatic heterocycles. The van der Waals surface area contributed by atoms with Gasteiger partial charge >= 0.3 is 0 Å². The molecule has 0 spiro atoms. The van der Waals surface area contributed by atoms with Crippen molar-refractivity contribution < 1.29 is 9.15 Å². The zero-order chi connectivity index (χ0) is 15.5. The smallest absolute Gasteiger partial charge is 0.117 e. The first kappa shape index (κ1) is 14.7. The van der Waals surface area contributed by atoms with Crippen molar-refractivity contribution in [3.8, 4) is 0 Å². The van der Waals surface area contributed by atoms with Crippen molar-refractivity contribution in [1.82, 2.24) is 9.88 Å². The summed E-state index contributed by atoms with van der Waals surface area (Å²) in [6, 6.07) is 8.55. The van der Waals surface area contributed by atoms with Crippen LogP contribution in [0.1, 0.15) is 18.6 Å². The highest BCUT2D eigenvalue weighted by Crippen LogP contribution is 2.35. The summed E-state index contributed by atoms with van der Waals surface area (Å²) < 4.78 is 11.6. The Labute approximate surface area is 136 Å². The fraction of sp³-hybridized carbons (Fsp3) is 0.500. The molecule has 0 radical (unpaired) electrons. The summed E-state index contributed by atoms with van der Waals surface area (Å²) in [7, 11) is 0. The summed E-state index contributed by atoms with van der Waals surface area (Å²) in [5.41, 5.74) is 1.08. The molecule has 2 aromatic heterocycles. The zero-order valence-electron chi connectivity index (χ0n) is 13.2. The standard InChI is InChI=1S/C18H23N3O2/c1-3-15(12-19-7-1)20-11-14-5-6-17-18(14)23-10-8-21(17)13-16-4-2-9-22-16/h1-4,7,9,12,14,17-18,20H,5-6,8,10-11,13H2/t14-,17-,18-/m0/s1. The van der Waals surface area contributed by atoms with Gasteiger partial charge in [-0.15, -0.1) is 0 Å². The molecular formula is C18H23N3O2. The molecule has 2 aromatic rings. The second-order valence-corrected chi connectivity index (χ2v) is 6.41. The Balaban J connectivity index is 1.37. The molecule has 3 heterocycles. The van der Waals surface area contributed by atoms with E-state index in [9.17, 15) is 0 Å². The molecule has 23 heavy (non-hydrogen) atoms. The number of hydrogen-bond acceptors (Lipinski definition) is 5. The van der Waals surface area contributed by atoms with Crippen LogP contribution < -0.4 is 5.32 Å². The number of fused-ring (bicyclic) bond motifs is 1. The minimum Gasteiger partial charge on any atom is -0.468 e. The van der Waals surface area contributed by atoms with Gasteiger partial charge in [-0.1, -0.05) is 0 Å². The van der Waals surface area contributed by atoms with Crippen molar-refractivity contribution in [3.63, 3.8) is 0 Å². The number of furan rings is 1. The molecule has 4 rings (SSSR count). The topological polar surface area (TPSA) is 50.5 Å². The van der Waals surface area contributed by atoms with Crippen LogP contribution in [0.15, 0.2) is 47.3 Å². The number of ether oxygens (including phenoxy) is 1. The van der Waals surface area contributed by atoms with Crippen LogP contribution >= 0.6 is 0 Å². The quantitative estimate of drug-likeness (QED) is 0.920. The minimum absolute atomic E-state index is 0.322. The molecule has 3 atom stereocenters. The lowest BCUT2D eigenvalue weighted by molar-refractivity contribution is -0.0760. The third-order valence-electron chi connectivity index (χ3n) is 5.00. The van der Waals surface area contributed by atoms with E-state index in [-0.39, 0.29) is 0 Å². The molecule has 5 heteroatoms. The Bertz CT molecular complexity index is 602. The summed E-state index contributed by atoms with van der Waals surface area (Å²) >= 11 is 0. The highest BCUT2D eigenvalue weighted by molar-refractivity contribution is 5.39. The van der Waals surface area contributed by atoms with Gasteiger partial charge in [0.05, 0.1) is 31.2 Å². The molecule has 1 saturated heterocycles. The summed E-state index contributed by atoms with van der Waals surface area (Å²) in [6.07, 6.45) is 8.15. The van der Waals surface area contributed by atoms with E-state index in [1.54, 1.807) is 12.5 Å². The van der Waals surface area contributed by atoms with E-state index < -0.39 is 0 Å². The first-order valence-corrected chi connectivity index (χ1v) is 8.42. The van der Waals surface area contributed by atoms with Crippen molar-refractivity contribution in [2.24, 2.45) is 5.92 Å². The fourth-order valence-electron chi connectivity index (χ4n) is 3.87. The van der Waals surface area contributed by atoms with Gasteiger partial charge in [-0.05, 0) is 37.1 Å². The molecule has 2 fully saturated rings. The maximum absolute atomic E-state index is 6.12. The number of hydrogen-bond donors (Lipinski definition) is 1. The monoisotopic (exact) mass is 313 g/mol. The third kappa shape index (κ3) is 3.26. The number of nitrogens with one attached hydrogen (secondary N) is 1. The fourth-order valence-corrected chi connectivity index (χ4v) is 3.87. The molecule has 1 aliphatic carbocycles. The van der Waals surface area contributed by atoms with Crippen molar-refractivity contribution in [1.29, 1.82) is 0 Å². The number of rotatable bonds is 5. The Hall–Kier alpha value is -1.85. The van der Waals surface area contributed by atoms with Crippen LogP contribution in [0.2, 0.25) is 0 Å². The van der Waals surface area contributed by atoms with Crippen LogP contribution in [0.4, 0.5) is 5.69 Å². The largest absolute Gasteiger partial charge is 0.468 e. The highest BCUT2D eigenvalue weighted by atomic mass is 16.5. The lowest BCUT2D eigenvalue weighted by Crippen LogP contribution is -2.50. The molecule has 0 amide bonds. The zero-order valence-corrected chi connectivity index (χ0v) is 13.2. The summed E-state index contributed by atoms with van der Waals surface area (Å²) in [5, 5.41) is 3.50. The summed E-state index contributed by atoms with van der Waals surface area (Å²) in [6.45, 7) is 3.64. The van der Waals surface area contributed by atoms with Crippen LogP contribution in [0.25, 0.3) is 0 Å². The van der Waals surface area contributed by atoms with Crippen molar-refractivity contribution in [3.05, 3.63) is 48.7 Å². The highest BCUT2D eigenvalue weighted by Gasteiger charge is 2.42. The van der Waals surface area contributed by atoms with Gasteiger partial charge < -0.3 is 14.5 Å². The van der Waals surface area contributed by atoms with E-state index in [2.05, 4.69) is 27.3 Å². The molecule has 1 N–H and O–H groups in total. The van der Waals surface area contributed by atoms with Crippen molar-refractivity contribution >= 4 is 5.69 Å². The maximum atomic E-state index is 6.12. The van der Waals surface area contributed by atoms with Crippen molar-refractivity contribution in [2.45, 2.75) is 31.5 Å². The van der Waals surface area contributed by atoms with E-state index >= 15 is 0 Å². The molecule has 2 aliphatic rings. The average Bonchev–Trinajstić information content (AvgIpc) is 3.24. The maximum Gasteiger partial charge on any atom is 0.117 e. The Kier molecular flexibility index (Phi) is 4.30. The summed E-state index contributed by atoms with van der Waals surface area (Å²) in [5.74, 6) is 1.60. The number of aromatic nitrogens is 1.